The molecule has 0 bridgehead atoms. The van der Waals surface area contributed by atoms with Gasteiger partial charge in [-0.15, -0.1) is 0 Å². The molecule has 2 N–H and O–H groups in total. The molecule has 0 radical (unpaired) electrons. The third kappa shape index (κ3) is 3.24. The zero-order valence-corrected chi connectivity index (χ0v) is 11.7. The molecule has 1 atom stereocenters. The van der Waals surface area contributed by atoms with E-state index in [-0.39, 0.29) is 29.1 Å². The van der Waals surface area contributed by atoms with Crippen LogP contribution in [0, 0.1) is 0 Å². The maximum atomic E-state index is 12.0. The van der Waals surface area contributed by atoms with Crippen LogP contribution in [-0.2, 0) is 9.84 Å². The van der Waals surface area contributed by atoms with Crippen molar-refractivity contribution in [3.8, 4) is 0 Å². The number of anilines is 1. The van der Waals surface area contributed by atoms with Gasteiger partial charge in [-0.25, -0.2) is 18.4 Å². The van der Waals surface area contributed by atoms with Gasteiger partial charge in [0.25, 0.3) is 5.91 Å². The summed E-state index contributed by atoms with van der Waals surface area (Å²) in [6.07, 6.45) is 4.04. The molecule has 1 saturated heterocycles. The number of carbonyl (C=O) groups is 1. The lowest BCUT2D eigenvalue weighted by Crippen LogP contribution is -2.36. The molecule has 2 heterocycles. The van der Waals surface area contributed by atoms with E-state index < -0.39 is 9.84 Å². The van der Waals surface area contributed by atoms with Crippen LogP contribution in [0.3, 0.4) is 0 Å². The summed E-state index contributed by atoms with van der Waals surface area (Å²) in [6.45, 7) is 0. The van der Waals surface area contributed by atoms with Crippen LogP contribution in [0.25, 0.3) is 0 Å². The molecule has 8 heteroatoms. The average Bonchev–Trinajstić information content (AvgIpc) is 3.14. The summed E-state index contributed by atoms with van der Waals surface area (Å²) in [4.78, 5) is 20.0. The second-order valence-corrected chi connectivity index (χ2v) is 7.51. The smallest absolute Gasteiger partial charge is 0.270 e. The van der Waals surface area contributed by atoms with E-state index in [9.17, 15) is 13.2 Å². The van der Waals surface area contributed by atoms with E-state index in [1.165, 1.54) is 6.33 Å². The minimum absolute atomic E-state index is 0.0109. The van der Waals surface area contributed by atoms with Gasteiger partial charge in [-0.05, 0) is 19.3 Å². The minimum Gasteiger partial charge on any atom is -0.367 e. The summed E-state index contributed by atoms with van der Waals surface area (Å²) in [7, 11) is -3.00. The highest BCUT2D eigenvalue weighted by Crippen LogP contribution is 2.23. The van der Waals surface area contributed by atoms with E-state index >= 15 is 0 Å². The summed E-state index contributed by atoms with van der Waals surface area (Å²) < 4.78 is 22.7. The summed E-state index contributed by atoms with van der Waals surface area (Å²) in [5, 5.41) is 5.90. The maximum absolute atomic E-state index is 12.0. The van der Waals surface area contributed by atoms with E-state index in [2.05, 4.69) is 20.6 Å². The molecule has 0 spiro atoms. The topological polar surface area (TPSA) is 101 Å². The van der Waals surface area contributed by atoms with Crippen LogP contribution < -0.4 is 10.6 Å². The Morgan fingerprint density at radius 1 is 1.20 bits per heavy atom. The molecule has 1 amide bonds. The van der Waals surface area contributed by atoms with Crippen LogP contribution in [0.5, 0.6) is 0 Å². The Hall–Kier alpha value is -1.70. The minimum atomic E-state index is -3.00. The van der Waals surface area contributed by atoms with Crippen molar-refractivity contribution in [2.24, 2.45) is 0 Å². The van der Waals surface area contributed by atoms with Crippen molar-refractivity contribution in [2.75, 3.05) is 16.8 Å². The van der Waals surface area contributed by atoms with Gasteiger partial charge in [-0.2, -0.15) is 0 Å². The Morgan fingerprint density at radius 2 is 2.00 bits per heavy atom. The fourth-order valence-electron chi connectivity index (χ4n) is 2.17. The van der Waals surface area contributed by atoms with Gasteiger partial charge in [0.2, 0.25) is 0 Å². The lowest BCUT2D eigenvalue weighted by Gasteiger charge is -2.10. The van der Waals surface area contributed by atoms with Crippen LogP contribution in [0.15, 0.2) is 12.4 Å². The number of rotatable bonds is 4. The molecule has 7 nitrogen and oxygen atoms in total. The number of hydrogen-bond acceptors (Lipinski definition) is 6. The molecule has 2 fully saturated rings. The number of amides is 1. The molecule has 20 heavy (non-hydrogen) atoms. The zero-order chi connectivity index (χ0) is 14.2. The highest BCUT2D eigenvalue weighted by atomic mass is 32.2. The van der Waals surface area contributed by atoms with Gasteiger partial charge in [0.15, 0.2) is 9.84 Å². The van der Waals surface area contributed by atoms with Crippen molar-refractivity contribution in [1.82, 2.24) is 15.3 Å². The van der Waals surface area contributed by atoms with Crippen molar-refractivity contribution in [3.63, 3.8) is 0 Å². The average molecular weight is 296 g/mol. The third-order valence-electron chi connectivity index (χ3n) is 3.40. The Balaban J connectivity index is 1.64. The SMILES string of the molecule is O=C(NC1CCS(=O)(=O)C1)c1cc(NC2CC2)ncn1. The summed E-state index contributed by atoms with van der Waals surface area (Å²) in [6, 6.07) is 1.72. The van der Waals surface area contributed by atoms with E-state index in [4.69, 9.17) is 0 Å². The van der Waals surface area contributed by atoms with Crippen molar-refractivity contribution >= 4 is 21.6 Å². The van der Waals surface area contributed by atoms with Crippen molar-refractivity contribution in [1.29, 1.82) is 0 Å². The van der Waals surface area contributed by atoms with E-state index in [1.807, 2.05) is 0 Å². The van der Waals surface area contributed by atoms with Crippen molar-refractivity contribution in [2.45, 2.75) is 31.3 Å². The molecular weight excluding hydrogens is 280 g/mol. The summed E-state index contributed by atoms with van der Waals surface area (Å²) >= 11 is 0. The van der Waals surface area contributed by atoms with Crippen molar-refractivity contribution in [3.05, 3.63) is 18.1 Å². The molecule has 1 aromatic heterocycles. The van der Waals surface area contributed by atoms with Crippen LogP contribution in [0.4, 0.5) is 5.82 Å². The van der Waals surface area contributed by atoms with Gasteiger partial charge in [-0.3, -0.25) is 4.79 Å². The number of carbonyl (C=O) groups excluding carboxylic acids is 1. The van der Waals surface area contributed by atoms with Gasteiger partial charge in [0.05, 0.1) is 11.5 Å². The third-order valence-corrected chi connectivity index (χ3v) is 5.16. The predicted octanol–water partition coefficient (Wildman–Crippen LogP) is -0.0322. The fraction of sp³-hybridized carbons (Fsp3) is 0.583. The van der Waals surface area contributed by atoms with Crippen LogP contribution >= 0.6 is 0 Å². The number of hydrogen-bond donors (Lipinski definition) is 2. The van der Waals surface area contributed by atoms with Gasteiger partial charge in [0, 0.05) is 18.2 Å². The Morgan fingerprint density at radius 3 is 2.65 bits per heavy atom. The Kier molecular flexibility index (Phi) is 3.33. The lowest BCUT2D eigenvalue weighted by molar-refractivity contribution is 0.0936. The molecule has 3 rings (SSSR count). The highest BCUT2D eigenvalue weighted by Gasteiger charge is 2.29. The van der Waals surface area contributed by atoms with Gasteiger partial charge < -0.3 is 10.6 Å². The molecule has 1 aliphatic carbocycles. The Labute approximate surface area is 117 Å². The van der Waals surface area contributed by atoms with Crippen LogP contribution in [0.2, 0.25) is 0 Å². The number of nitrogens with zero attached hydrogens (tertiary/aromatic N) is 2. The molecular formula is C12H16N4O3S. The second kappa shape index (κ2) is 5.01. The largest absolute Gasteiger partial charge is 0.367 e. The summed E-state index contributed by atoms with van der Waals surface area (Å²) in [5.41, 5.74) is 0.257. The monoisotopic (exact) mass is 296 g/mol. The van der Waals surface area contributed by atoms with E-state index in [0.717, 1.165) is 12.8 Å². The first kappa shape index (κ1) is 13.3. The highest BCUT2D eigenvalue weighted by molar-refractivity contribution is 7.91. The second-order valence-electron chi connectivity index (χ2n) is 5.28. The van der Waals surface area contributed by atoms with Gasteiger partial charge >= 0.3 is 0 Å². The quantitative estimate of drug-likeness (QED) is 0.809. The van der Waals surface area contributed by atoms with E-state index in [0.29, 0.717) is 18.3 Å². The Bertz CT molecular complexity index is 627. The molecule has 1 aromatic rings. The first-order valence-electron chi connectivity index (χ1n) is 6.62. The fourth-order valence-corrected chi connectivity index (χ4v) is 3.84. The van der Waals surface area contributed by atoms with Gasteiger partial charge in [0.1, 0.15) is 17.8 Å². The normalized spacial score (nSPS) is 24.3. The predicted molar refractivity (Wildman–Crippen MR) is 73.2 cm³/mol. The number of sulfone groups is 1. The zero-order valence-electron chi connectivity index (χ0n) is 10.9. The van der Waals surface area contributed by atoms with Crippen LogP contribution in [0.1, 0.15) is 29.8 Å². The molecule has 1 aliphatic heterocycles. The molecule has 1 unspecified atom stereocenters. The summed E-state index contributed by atoms with van der Waals surface area (Å²) in [5.74, 6) is 0.424. The number of aromatic nitrogens is 2. The van der Waals surface area contributed by atoms with Crippen molar-refractivity contribution < 1.29 is 13.2 Å². The molecule has 108 valence electrons. The molecule has 0 aromatic carbocycles. The van der Waals surface area contributed by atoms with Gasteiger partial charge in [-0.1, -0.05) is 0 Å². The molecule has 1 saturated carbocycles. The van der Waals surface area contributed by atoms with Crippen LogP contribution in [-0.4, -0.2) is 47.9 Å². The molecule has 2 aliphatic rings. The maximum Gasteiger partial charge on any atom is 0.270 e. The van der Waals surface area contributed by atoms with E-state index in [1.54, 1.807) is 6.07 Å². The lowest BCUT2D eigenvalue weighted by atomic mass is 10.2. The number of nitrogens with one attached hydrogen (secondary N) is 2. The first-order valence-corrected chi connectivity index (χ1v) is 8.44. The first-order chi connectivity index (χ1) is 9.52. The standard InChI is InChI=1S/C12H16N4O3S/c17-12(16-9-3-4-20(18,19)6-9)10-5-11(14-7-13-10)15-8-1-2-8/h5,7-9H,1-4,6H2,(H,16,17)(H,13,14,15).